The predicted molar refractivity (Wildman–Crippen MR) is 72.4 cm³/mol. The lowest BCUT2D eigenvalue weighted by Gasteiger charge is -2.40. The molecule has 4 heterocycles. The number of carbonyl (C=O) groups is 1. The molecular formula is C14H15N5O2. The Morgan fingerprint density at radius 2 is 2.33 bits per heavy atom. The average molecular weight is 285 g/mol. The first-order valence-electron chi connectivity index (χ1n) is 7.03. The van der Waals surface area contributed by atoms with Crippen molar-refractivity contribution < 1.29 is 9.53 Å². The van der Waals surface area contributed by atoms with Gasteiger partial charge in [0.2, 0.25) is 0 Å². The van der Waals surface area contributed by atoms with Gasteiger partial charge < -0.3 is 9.64 Å². The Balaban J connectivity index is 1.58. The Bertz CT molecular complexity index is 656. The minimum atomic E-state index is 0.00814. The molecule has 7 nitrogen and oxygen atoms in total. The summed E-state index contributed by atoms with van der Waals surface area (Å²) in [6.07, 6.45) is 5.91. The van der Waals surface area contributed by atoms with Crippen LogP contribution in [0.15, 0.2) is 30.7 Å². The Morgan fingerprint density at radius 3 is 3.19 bits per heavy atom. The van der Waals surface area contributed by atoms with Crippen molar-refractivity contribution in [3.05, 3.63) is 42.0 Å². The molecule has 0 bridgehead atoms. The largest absolute Gasteiger partial charge is 0.370 e. The second kappa shape index (κ2) is 4.92. The van der Waals surface area contributed by atoms with Gasteiger partial charge in [-0.25, -0.2) is 4.68 Å². The third kappa shape index (κ3) is 2.09. The third-order valence-electron chi connectivity index (χ3n) is 4.12. The number of piperidine rings is 1. The van der Waals surface area contributed by atoms with Crippen LogP contribution in [0.1, 0.15) is 28.5 Å². The van der Waals surface area contributed by atoms with E-state index < -0.39 is 0 Å². The van der Waals surface area contributed by atoms with Crippen LogP contribution < -0.4 is 0 Å². The zero-order valence-electron chi connectivity index (χ0n) is 11.4. The summed E-state index contributed by atoms with van der Waals surface area (Å²) in [6, 6.07) is 3.62. The van der Waals surface area contributed by atoms with Gasteiger partial charge in [-0.3, -0.25) is 9.78 Å². The number of likely N-dealkylation sites (tertiary alicyclic amines) is 1. The molecule has 4 rings (SSSR count). The van der Waals surface area contributed by atoms with E-state index in [4.69, 9.17) is 4.74 Å². The standard InChI is InChI=1S/C14H15N5O2/c20-14(10-2-1-4-15-6-10)18-5-3-13-12(8-18)19-11(9-21-13)7-16-17-19/h1-2,4,6-7,12-13H,3,5,8-9H2/t12-,13+/m1/s1. The summed E-state index contributed by atoms with van der Waals surface area (Å²) >= 11 is 0. The van der Waals surface area contributed by atoms with Crippen LogP contribution >= 0.6 is 0 Å². The van der Waals surface area contributed by atoms with Crippen molar-refractivity contribution in [3.63, 3.8) is 0 Å². The lowest BCUT2D eigenvalue weighted by Crippen LogP contribution is -2.49. The number of nitrogens with zero attached hydrogens (tertiary/aromatic N) is 5. The van der Waals surface area contributed by atoms with Gasteiger partial charge in [-0.2, -0.15) is 0 Å². The van der Waals surface area contributed by atoms with Gasteiger partial charge in [-0.15, -0.1) is 5.10 Å². The molecule has 0 unspecified atom stereocenters. The molecule has 2 aromatic heterocycles. The molecule has 0 radical (unpaired) electrons. The van der Waals surface area contributed by atoms with Crippen molar-refractivity contribution in [2.45, 2.75) is 25.2 Å². The molecule has 108 valence electrons. The Morgan fingerprint density at radius 1 is 1.38 bits per heavy atom. The van der Waals surface area contributed by atoms with Crippen LogP contribution in [0.2, 0.25) is 0 Å². The molecule has 0 aromatic carbocycles. The molecule has 2 atom stereocenters. The number of hydrogen-bond acceptors (Lipinski definition) is 5. The number of pyridine rings is 1. The zero-order chi connectivity index (χ0) is 14.2. The van der Waals surface area contributed by atoms with Gasteiger partial charge in [0.15, 0.2) is 0 Å². The summed E-state index contributed by atoms with van der Waals surface area (Å²) in [6.45, 7) is 1.83. The lowest BCUT2D eigenvalue weighted by atomic mass is 10.00. The van der Waals surface area contributed by atoms with E-state index in [-0.39, 0.29) is 18.1 Å². The van der Waals surface area contributed by atoms with E-state index in [2.05, 4.69) is 15.3 Å². The first-order chi connectivity index (χ1) is 10.3. The highest BCUT2D eigenvalue weighted by molar-refractivity contribution is 5.93. The maximum absolute atomic E-state index is 12.5. The van der Waals surface area contributed by atoms with Crippen molar-refractivity contribution in [1.82, 2.24) is 24.9 Å². The lowest BCUT2D eigenvalue weighted by molar-refractivity contribution is -0.0605. The highest BCUT2D eigenvalue weighted by atomic mass is 16.5. The molecule has 1 fully saturated rings. The van der Waals surface area contributed by atoms with E-state index in [0.29, 0.717) is 25.3 Å². The minimum Gasteiger partial charge on any atom is -0.370 e. The van der Waals surface area contributed by atoms with Crippen LogP contribution in [0.25, 0.3) is 0 Å². The second-order valence-electron chi connectivity index (χ2n) is 5.37. The van der Waals surface area contributed by atoms with E-state index in [1.165, 1.54) is 0 Å². The maximum Gasteiger partial charge on any atom is 0.255 e. The van der Waals surface area contributed by atoms with Crippen molar-refractivity contribution in [2.24, 2.45) is 0 Å². The smallest absolute Gasteiger partial charge is 0.255 e. The van der Waals surface area contributed by atoms with Crippen molar-refractivity contribution in [3.8, 4) is 0 Å². The first-order valence-corrected chi connectivity index (χ1v) is 7.03. The Hall–Kier alpha value is -2.28. The van der Waals surface area contributed by atoms with Gasteiger partial charge in [-0.05, 0) is 18.6 Å². The maximum atomic E-state index is 12.5. The molecule has 2 aromatic rings. The molecular weight excluding hydrogens is 270 g/mol. The fraction of sp³-hybridized carbons (Fsp3) is 0.429. The number of hydrogen-bond donors (Lipinski definition) is 0. The summed E-state index contributed by atoms with van der Waals surface area (Å²) < 4.78 is 7.75. The van der Waals surface area contributed by atoms with Gasteiger partial charge in [0, 0.05) is 25.5 Å². The Kier molecular flexibility index (Phi) is 2.92. The summed E-state index contributed by atoms with van der Waals surface area (Å²) in [5.74, 6) is 0.00814. The number of rotatable bonds is 1. The first kappa shape index (κ1) is 12.5. The fourth-order valence-corrected chi connectivity index (χ4v) is 3.04. The molecule has 2 aliphatic heterocycles. The van der Waals surface area contributed by atoms with E-state index in [9.17, 15) is 4.79 Å². The number of ether oxygens (including phenoxy) is 1. The van der Waals surface area contributed by atoms with E-state index >= 15 is 0 Å². The van der Waals surface area contributed by atoms with Gasteiger partial charge in [-0.1, -0.05) is 5.21 Å². The average Bonchev–Trinajstić information content (AvgIpc) is 3.03. The van der Waals surface area contributed by atoms with Crippen molar-refractivity contribution in [2.75, 3.05) is 13.1 Å². The van der Waals surface area contributed by atoms with Crippen LogP contribution in [0.3, 0.4) is 0 Å². The fourth-order valence-electron chi connectivity index (χ4n) is 3.04. The molecule has 7 heteroatoms. The molecule has 2 aliphatic rings. The number of aromatic nitrogens is 4. The molecule has 0 spiro atoms. The monoisotopic (exact) mass is 285 g/mol. The predicted octanol–water partition coefficient (Wildman–Crippen LogP) is 0.659. The Labute approximate surface area is 121 Å². The molecule has 0 saturated carbocycles. The van der Waals surface area contributed by atoms with Gasteiger partial charge >= 0.3 is 0 Å². The molecule has 1 amide bonds. The van der Waals surface area contributed by atoms with Crippen molar-refractivity contribution >= 4 is 5.91 Å². The summed E-state index contributed by atoms with van der Waals surface area (Å²) in [7, 11) is 0. The number of fused-ring (bicyclic) bond motifs is 3. The van der Waals surface area contributed by atoms with Crippen molar-refractivity contribution in [1.29, 1.82) is 0 Å². The molecule has 1 saturated heterocycles. The third-order valence-corrected chi connectivity index (χ3v) is 4.12. The topological polar surface area (TPSA) is 73.1 Å². The highest BCUT2D eigenvalue weighted by Crippen LogP contribution is 2.30. The summed E-state index contributed by atoms with van der Waals surface area (Å²) in [4.78, 5) is 18.4. The van der Waals surface area contributed by atoms with Gasteiger partial charge in [0.1, 0.15) is 0 Å². The molecule has 21 heavy (non-hydrogen) atoms. The van der Waals surface area contributed by atoms with E-state index in [1.54, 1.807) is 30.7 Å². The highest BCUT2D eigenvalue weighted by Gasteiger charge is 2.37. The SMILES string of the molecule is O=C(c1cccnc1)N1CC[C@@H]2OCc3cnnn3[C@@H]2C1. The van der Waals surface area contributed by atoms with Crippen LogP contribution in [-0.4, -0.2) is 50.0 Å². The van der Waals surface area contributed by atoms with E-state index in [0.717, 1.165) is 12.1 Å². The van der Waals surface area contributed by atoms with Crippen LogP contribution in [0, 0.1) is 0 Å². The quantitative estimate of drug-likeness (QED) is 0.769. The van der Waals surface area contributed by atoms with Crippen LogP contribution in [-0.2, 0) is 11.3 Å². The normalized spacial score (nSPS) is 24.3. The van der Waals surface area contributed by atoms with Gasteiger partial charge in [0.25, 0.3) is 5.91 Å². The number of carbonyl (C=O) groups excluding carboxylic acids is 1. The minimum absolute atomic E-state index is 0.00814. The summed E-state index contributed by atoms with van der Waals surface area (Å²) in [5, 5.41) is 8.09. The molecule has 0 N–H and O–H groups in total. The van der Waals surface area contributed by atoms with E-state index in [1.807, 2.05) is 9.58 Å². The van der Waals surface area contributed by atoms with Crippen LogP contribution in [0.5, 0.6) is 0 Å². The summed E-state index contributed by atoms with van der Waals surface area (Å²) in [5.41, 5.74) is 1.58. The second-order valence-corrected chi connectivity index (χ2v) is 5.37. The number of amides is 1. The van der Waals surface area contributed by atoms with Gasteiger partial charge in [0.05, 0.1) is 36.2 Å². The van der Waals surface area contributed by atoms with Crippen LogP contribution in [0.4, 0.5) is 0 Å². The zero-order valence-corrected chi connectivity index (χ0v) is 11.4. The molecule has 0 aliphatic carbocycles.